The Balaban J connectivity index is 1.95. The van der Waals surface area contributed by atoms with Crippen LogP contribution in [0.4, 0.5) is 0 Å². The Hall–Kier alpha value is -1.79. The van der Waals surface area contributed by atoms with Crippen molar-refractivity contribution in [3.8, 4) is 0 Å². The Morgan fingerprint density at radius 3 is 2.62 bits per heavy atom. The summed E-state index contributed by atoms with van der Waals surface area (Å²) in [5, 5.41) is -0.167. The van der Waals surface area contributed by atoms with E-state index in [1.807, 2.05) is 51.1 Å². The van der Waals surface area contributed by atoms with Crippen LogP contribution in [-0.4, -0.2) is 39.5 Å². The van der Waals surface area contributed by atoms with E-state index in [4.69, 9.17) is 10.5 Å². The molecule has 0 aliphatic carbocycles. The van der Waals surface area contributed by atoms with E-state index < -0.39 is 17.6 Å². The van der Waals surface area contributed by atoms with Crippen LogP contribution in [0.2, 0.25) is 0 Å². The van der Waals surface area contributed by atoms with Crippen LogP contribution >= 0.6 is 11.8 Å². The maximum Gasteiger partial charge on any atom is 0.355 e. The van der Waals surface area contributed by atoms with E-state index in [1.165, 1.54) is 4.90 Å². The zero-order valence-corrected chi connectivity index (χ0v) is 14.9. The van der Waals surface area contributed by atoms with Crippen LogP contribution in [0.5, 0.6) is 0 Å². The molecular formula is C18H22N2O3S. The fourth-order valence-electron chi connectivity index (χ4n) is 2.87. The van der Waals surface area contributed by atoms with E-state index in [1.54, 1.807) is 11.8 Å². The van der Waals surface area contributed by atoms with Gasteiger partial charge in [-0.05, 0) is 38.3 Å². The van der Waals surface area contributed by atoms with Gasteiger partial charge in [0.1, 0.15) is 22.7 Å². The predicted octanol–water partition coefficient (Wildman–Crippen LogP) is 2.07. The van der Waals surface area contributed by atoms with Crippen molar-refractivity contribution >= 4 is 23.6 Å². The molecule has 2 atom stereocenters. The molecule has 1 unspecified atom stereocenters. The Bertz CT molecular complexity index is 694. The number of hydrogen-bond donors (Lipinski definition) is 1. The molecule has 0 radical (unpaired) electrons. The molecule has 24 heavy (non-hydrogen) atoms. The normalized spacial score (nSPS) is 23.7. The highest BCUT2D eigenvalue weighted by Crippen LogP contribution is 2.40. The number of β-lactam (4-membered cyclic amide) rings is 1. The number of ether oxygens (including phenoxy) is 1. The van der Waals surface area contributed by atoms with Gasteiger partial charge >= 0.3 is 5.97 Å². The number of thioether (sulfide) groups is 1. The highest BCUT2D eigenvalue weighted by Gasteiger charge is 2.52. The number of nitrogens with two attached hydrogens (primary N) is 1. The van der Waals surface area contributed by atoms with E-state index in [-0.39, 0.29) is 11.3 Å². The molecular weight excluding hydrogens is 324 g/mol. The Morgan fingerprint density at radius 1 is 1.33 bits per heavy atom. The monoisotopic (exact) mass is 346 g/mol. The standard InChI is InChI=1S/C18H22N2O3S/c1-18(2,3)23-17(22)14-12(9-11-7-5-4-6-8-11)10-24-16-13(19)15(21)20(14)16/h4-8,13,16H,9-10,19H2,1-3H3/t13?,16-/m1/s1. The minimum atomic E-state index is -0.613. The van der Waals surface area contributed by atoms with Crippen LogP contribution < -0.4 is 5.73 Å². The van der Waals surface area contributed by atoms with Gasteiger partial charge in [0.15, 0.2) is 0 Å². The number of benzene rings is 1. The Morgan fingerprint density at radius 2 is 2.00 bits per heavy atom. The molecule has 0 saturated carbocycles. The van der Waals surface area contributed by atoms with Gasteiger partial charge < -0.3 is 10.5 Å². The summed E-state index contributed by atoms with van der Waals surface area (Å²) in [4.78, 5) is 26.5. The molecule has 1 amide bonds. The summed E-state index contributed by atoms with van der Waals surface area (Å²) in [5.41, 5.74) is 7.66. The average Bonchev–Trinajstić information content (AvgIpc) is 2.53. The number of hydrogen-bond acceptors (Lipinski definition) is 5. The lowest BCUT2D eigenvalue weighted by atomic mass is 9.99. The van der Waals surface area contributed by atoms with E-state index in [0.717, 1.165) is 11.1 Å². The fourth-order valence-corrected chi connectivity index (χ4v) is 4.17. The largest absolute Gasteiger partial charge is 0.455 e. The maximum atomic E-state index is 12.7. The van der Waals surface area contributed by atoms with Crippen LogP contribution in [0.25, 0.3) is 0 Å². The van der Waals surface area contributed by atoms with Gasteiger partial charge in [0, 0.05) is 5.75 Å². The Labute approximate surface area is 146 Å². The number of rotatable bonds is 3. The third-order valence-corrected chi connectivity index (χ3v) is 5.30. The lowest BCUT2D eigenvalue weighted by Gasteiger charge is -2.48. The molecule has 1 aromatic rings. The van der Waals surface area contributed by atoms with Crippen molar-refractivity contribution in [1.29, 1.82) is 0 Å². The number of nitrogens with zero attached hydrogens (tertiary/aromatic N) is 1. The van der Waals surface area contributed by atoms with Gasteiger partial charge in [-0.15, -0.1) is 11.8 Å². The van der Waals surface area contributed by atoms with Gasteiger partial charge in [-0.2, -0.15) is 0 Å². The van der Waals surface area contributed by atoms with Gasteiger partial charge in [-0.3, -0.25) is 9.69 Å². The average molecular weight is 346 g/mol. The number of fused-ring (bicyclic) bond motifs is 1. The van der Waals surface area contributed by atoms with Crippen LogP contribution in [0, 0.1) is 0 Å². The molecule has 1 aromatic carbocycles. The highest BCUT2D eigenvalue weighted by molar-refractivity contribution is 8.00. The number of amides is 1. The third kappa shape index (κ3) is 3.21. The van der Waals surface area contributed by atoms with E-state index in [2.05, 4.69) is 0 Å². The topological polar surface area (TPSA) is 72.6 Å². The first-order valence-electron chi connectivity index (χ1n) is 7.97. The quantitative estimate of drug-likeness (QED) is 0.670. The summed E-state index contributed by atoms with van der Waals surface area (Å²) in [6.07, 6.45) is 0.619. The summed E-state index contributed by atoms with van der Waals surface area (Å²) in [5.74, 6) is 0.0172. The minimum Gasteiger partial charge on any atom is -0.455 e. The van der Waals surface area contributed by atoms with Crippen molar-refractivity contribution in [3.05, 3.63) is 47.2 Å². The van der Waals surface area contributed by atoms with Crippen molar-refractivity contribution in [1.82, 2.24) is 4.90 Å². The van der Waals surface area contributed by atoms with Gasteiger partial charge in [-0.25, -0.2) is 4.79 Å². The molecule has 0 aromatic heterocycles. The molecule has 2 N–H and O–H groups in total. The minimum absolute atomic E-state index is 0.167. The molecule has 128 valence electrons. The second-order valence-electron chi connectivity index (χ2n) is 7.05. The zero-order valence-electron chi connectivity index (χ0n) is 14.1. The van der Waals surface area contributed by atoms with Crippen LogP contribution in [0.15, 0.2) is 41.6 Å². The first-order chi connectivity index (χ1) is 11.3. The zero-order chi connectivity index (χ0) is 17.5. The molecule has 1 saturated heterocycles. The van der Waals surface area contributed by atoms with Crippen LogP contribution in [0.1, 0.15) is 26.3 Å². The molecule has 0 spiro atoms. The van der Waals surface area contributed by atoms with Crippen molar-refractivity contribution in [2.75, 3.05) is 5.75 Å². The van der Waals surface area contributed by atoms with E-state index in [0.29, 0.717) is 17.9 Å². The Kier molecular flexibility index (Phi) is 4.44. The second kappa shape index (κ2) is 6.26. The van der Waals surface area contributed by atoms with Crippen molar-refractivity contribution in [2.45, 2.75) is 44.2 Å². The molecule has 5 nitrogen and oxygen atoms in total. The first kappa shape index (κ1) is 17.0. The van der Waals surface area contributed by atoms with E-state index in [9.17, 15) is 9.59 Å². The molecule has 3 rings (SSSR count). The highest BCUT2D eigenvalue weighted by atomic mass is 32.2. The van der Waals surface area contributed by atoms with Crippen molar-refractivity contribution in [2.24, 2.45) is 5.73 Å². The summed E-state index contributed by atoms with van der Waals surface area (Å²) >= 11 is 1.61. The molecule has 2 aliphatic heterocycles. The number of carbonyl (C=O) groups is 2. The van der Waals surface area contributed by atoms with Crippen LogP contribution in [0.3, 0.4) is 0 Å². The molecule has 1 fully saturated rings. The van der Waals surface area contributed by atoms with Gasteiger partial charge in [0.25, 0.3) is 0 Å². The molecule has 0 bridgehead atoms. The number of esters is 1. The van der Waals surface area contributed by atoms with Gasteiger partial charge in [0.2, 0.25) is 5.91 Å². The summed E-state index contributed by atoms with van der Waals surface area (Å²) in [6, 6.07) is 9.38. The second-order valence-corrected chi connectivity index (χ2v) is 8.16. The molecule has 2 aliphatic rings. The van der Waals surface area contributed by atoms with Gasteiger partial charge in [0.05, 0.1) is 0 Å². The maximum absolute atomic E-state index is 12.7. The lowest BCUT2D eigenvalue weighted by Crippen LogP contribution is -2.68. The SMILES string of the molecule is CC(C)(C)OC(=O)C1=C(Cc2ccccc2)CS[C@@H]2C(N)C(=O)N12. The number of carbonyl (C=O) groups excluding carboxylic acids is 2. The van der Waals surface area contributed by atoms with Crippen LogP contribution in [-0.2, 0) is 20.7 Å². The third-order valence-electron chi connectivity index (χ3n) is 3.94. The smallest absolute Gasteiger partial charge is 0.355 e. The van der Waals surface area contributed by atoms with Crippen molar-refractivity contribution < 1.29 is 14.3 Å². The predicted molar refractivity (Wildman–Crippen MR) is 94.1 cm³/mol. The first-order valence-corrected chi connectivity index (χ1v) is 9.02. The summed E-state index contributed by atoms with van der Waals surface area (Å²) in [6.45, 7) is 5.46. The van der Waals surface area contributed by atoms with Crippen molar-refractivity contribution in [3.63, 3.8) is 0 Å². The summed E-state index contributed by atoms with van der Waals surface area (Å²) < 4.78 is 5.54. The molecule has 6 heteroatoms. The van der Waals surface area contributed by atoms with E-state index >= 15 is 0 Å². The van der Waals surface area contributed by atoms with Gasteiger partial charge in [-0.1, -0.05) is 30.3 Å². The lowest BCUT2D eigenvalue weighted by molar-refractivity contribution is -0.158. The molecule has 2 heterocycles. The fraction of sp³-hybridized carbons (Fsp3) is 0.444. The summed E-state index contributed by atoms with van der Waals surface area (Å²) in [7, 11) is 0.